The Labute approximate surface area is 120 Å². The summed E-state index contributed by atoms with van der Waals surface area (Å²) in [6, 6.07) is 11.6. The summed E-state index contributed by atoms with van der Waals surface area (Å²) in [7, 11) is 0. The van der Waals surface area contributed by atoms with Gasteiger partial charge in [0, 0.05) is 11.1 Å². The monoisotopic (exact) mass is 273 g/mol. The molecule has 2 aromatic rings. The second-order valence-electron chi connectivity index (χ2n) is 4.35. The SMILES string of the molecule is [C-]#[N+]c1ccc(C#Cc2ccc3c(c2)C(=O)OC3=O)cc1. The molecule has 0 spiro atoms. The molecule has 0 radical (unpaired) electrons. The summed E-state index contributed by atoms with van der Waals surface area (Å²) in [5, 5.41) is 0. The highest BCUT2D eigenvalue weighted by molar-refractivity contribution is 6.14. The lowest BCUT2D eigenvalue weighted by molar-refractivity contribution is 0.0444. The van der Waals surface area contributed by atoms with Crippen molar-refractivity contribution in [3.05, 3.63) is 76.1 Å². The lowest BCUT2D eigenvalue weighted by Gasteiger charge is -1.94. The van der Waals surface area contributed by atoms with E-state index in [0.717, 1.165) is 5.56 Å². The summed E-state index contributed by atoms with van der Waals surface area (Å²) in [6.45, 7) is 6.87. The zero-order valence-electron chi connectivity index (χ0n) is 10.7. The van der Waals surface area contributed by atoms with E-state index in [1.165, 1.54) is 6.07 Å². The Morgan fingerprint density at radius 3 is 2.19 bits per heavy atom. The molecular formula is C17H7NO3. The Bertz CT molecular complexity index is 862. The zero-order chi connectivity index (χ0) is 14.8. The molecule has 0 fully saturated rings. The molecule has 98 valence electrons. The molecule has 1 aliphatic rings. The van der Waals surface area contributed by atoms with Crippen molar-refractivity contribution in [1.29, 1.82) is 0 Å². The number of esters is 2. The van der Waals surface area contributed by atoms with E-state index in [0.29, 0.717) is 11.3 Å². The van der Waals surface area contributed by atoms with Crippen molar-refractivity contribution < 1.29 is 14.3 Å². The minimum atomic E-state index is -0.639. The van der Waals surface area contributed by atoms with E-state index in [1.807, 2.05) is 0 Å². The van der Waals surface area contributed by atoms with Gasteiger partial charge in [-0.15, -0.1) is 0 Å². The average molecular weight is 273 g/mol. The minimum absolute atomic E-state index is 0.246. The van der Waals surface area contributed by atoms with Gasteiger partial charge in [-0.3, -0.25) is 0 Å². The number of benzene rings is 2. The molecule has 0 unspecified atom stereocenters. The molecular weight excluding hydrogens is 266 g/mol. The average Bonchev–Trinajstić information content (AvgIpc) is 2.80. The molecule has 4 heteroatoms. The number of carbonyl (C=O) groups is 2. The van der Waals surface area contributed by atoms with Gasteiger partial charge in [0.15, 0.2) is 5.69 Å². The molecule has 0 aromatic heterocycles. The minimum Gasteiger partial charge on any atom is -0.386 e. The molecule has 21 heavy (non-hydrogen) atoms. The maximum atomic E-state index is 11.5. The molecule has 4 nitrogen and oxygen atoms in total. The molecule has 0 aliphatic carbocycles. The van der Waals surface area contributed by atoms with Crippen LogP contribution in [-0.4, -0.2) is 11.9 Å². The zero-order valence-corrected chi connectivity index (χ0v) is 10.7. The first-order valence-corrected chi connectivity index (χ1v) is 6.07. The highest BCUT2D eigenvalue weighted by Crippen LogP contribution is 2.20. The molecule has 2 aromatic carbocycles. The van der Waals surface area contributed by atoms with E-state index in [9.17, 15) is 9.59 Å². The number of carbonyl (C=O) groups excluding carboxylic acids is 2. The topological polar surface area (TPSA) is 47.7 Å². The van der Waals surface area contributed by atoms with Gasteiger partial charge >= 0.3 is 11.9 Å². The van der Waals surface area contributed by atoms with E-state index in [2.05, 4.69) is 21.4 Å². The van der Waals surface area contributed by atoms with Gasteiger partial charge in [0.2, 0.25) is 0 Å². The predicted molar refractivity (Wildman–Crippen MR) is 74.9 cm³/mol. The van der Waals surface area contributed by atoms with Crippen LogP contribution in [0.3, 0.4) is 0 Å². The third-order valence-corrected chi connectivity index (χ3v) is 2.99. The third kappa shape index (κ3) is 2.39. The van der Waals surface area contributed by atoms with Crippen molar-refractivity contribution in [1.82, 2.24) is 0 Å². The van der Waals surface area contributed by atoms with Crippen LogP contribution >= 0.6 is 0 Å². The van der Waals surface area contributed by atoms with Gasteiger partial charge in [-0.1, -0.05) is 36.1 Å². The summed E-state index contributed by atoms with van der Waals surface area (Å²) >= 11 is 0. The Hall–Kier alpha value is -3.37. The van der Waals surface area contributed by atoms with Crippen LogP contribution in [0.1, 0.15) is 31.8 Å². The summed E-state index contributed by atoms with van der Waals surface area (Å²) in [4.78, 5) is 26.1. The number of cyclic esters (lactones) is 2. The summed E-state index contributed by atoms with van der Waals surface area (Å²) in [5.41, 5.74) is 2.46. The number of hydrogen-bond donors (Lipinski definition) is 0. The Balaban J connectivity index is 1.91. The summed E-state index contributed by atoms with van der Waals surface area (Å²) < 4.78 is 4.52. The summed E-state index contributed by atoms with van der Waals surface area (Å²) in [5.74, 6) is 4.60. The first kappa shape index (κ1) is 12.7. The maximum Gasteiger partial charge on any atom is 0.346 e. The fourth-order valence-corrected chi connectivity index (χ4v) is 1.93. The van der Waals surface area contributed by atoms with Crippen LogP contribution in [0, 0.1) is 18.4 Å². The van der Waals surface area contributed by atoms with Gasteiger partial charge in [0.1, 0.15) is 0 Å². The molecule has 0 atom stereocenters. The van der Waals surface area contributed by atoms with Gasteiger partial charge in [-0.25, -0.2) is 14.4 Å². The van der Waals surface area contributed by atoms with Gasteiger partial charge < -0.3 is 4.74 Å². The van der Waals surface area contributed by atoms with E-state index in [4.69, 9.17) is 6.57 Å². The van der Waals surface area contributed by atoms with Crippen molar-refractivity contribution >= 4 is 17.6 Å². The molecule has 3 rings (SSSR count). The van der Waals surface area contributed by atoms with E-state index in [1.54, 1.807) is 36.4 Å². The largest absolute Gasteiger partial charge is 0.386 e. The van der Waals surface area contributed by atoms with Gasteiger partial charge in [0.25, 0.3) is 0 Å². The standard InChI is InChI=1S/C17H7NO3/c1-18-13-7-4-11(5-8-13)2-3-12-6-9-14-15(10-12)17(20)21-16(14)19/h4-10H. The highest BCUT2D eigenvalue weighted by Gasteiger charge is 2.29. The van der Waals surface area contributed by atoms with E-state index in [-0.39, 0.29) is 11.1 Å². The molecule has 0 bridgehead atoms. The number of nitrogens with zero attached hydrogens (tertiary/aromatic N) is 1. The molecule has 0 N–H and O–H groups in total. The lowest BCUT2D eigenvalue weighted by Crippen LogP contribution is -1.96. The van der Waals surface area contributed by atoms with Crippen LogP contribution in [0.4, 0.5) is 5.69 Å². The molecule has 1 aliphatic heterocycles. The van der Waals surface area contributed by atoms with Gasteiger partial charge in [-0.2, -0.15) is 0 Å². The second kappa shape index (κ2) is 4.96. The normalized spacial score (nSPS) is 12.0. The highest BCUT2D eigenvalue weighted by atomic mass is 16.6. The number of hydrogen-bond acceptors (Lipinski definition) is 3. The number of ether oxygens (including phenoxy) is 1. The van der Waals surface area contributed by atoms with Crippen LogP contribution in [0.15, 0.2) is 42.5 Å². The Morgan fingerprint density at radius 2 is 1.48 bits per heavy atom. The molecule has 0 saturated heterocycles. The first-order chi connectivity index (χ1) is 10.2. The van der Waals surface area contributed by atoms with Crippen molar-refractivity contribution in [2.45, 2.75) is 0 Å². The molecule has 0 amide bonds. The van der Waals surface area contributed by atoms with Crippen LogP contribution in [0.2, 0.25) is 0 Å². The van der Waals surface area contributed by atoms with Crippen LogP contribution in [0.5, 0.6) is 0 Å². The second-order valence-corrected chi connectivity index (χ2v) is 4.35. The lowest BCUT2D eigenvalue weighted by atomic mass is 10.1. The summed E-state index contributed by atoms with van der Waals surface area (Å²) in [6.07, 6.45) is 0. The van der Waals surface area contributed by atoms with Crippen molar-refractivity contribution in [2.75, 3.05) is 0 Å². The number of rotatable bonds is 0. The van der Waals surface area contributed by atoms with Crippen LogP contribution in [-0.2, 0) is 4.74 Å². The first-order valence-electron chi connectivity index (χ1n) is 6.07. The van der Waals surface area contributed by atoms with Crippen LogP contribution < -0.4 is 0 Å². The Kier molecular flexibility index (Phi) is 2.99. The molecule has 1 heterocycles. The predicted octanol–water partition coefficient (Wildman–Crippen LogP) is 2.95. The molecule has 0 saturated carbocycles. The van der Waals surface area contributed by atoms with E-state index < -0.39 is 11.9 Å². The van der Waals surface area contributed by atoms with Crippen molar-refractivity contribution in [2.24, 2.45) is 0 Å². The smallest absolute Gasteiger partial charge is 0.346 e. The quantitative estimate of drug-likeness (QED) is 0.321. The fraction of sp³-hybridized carbons (Fsp3) is 0. The third-order valence-electron chi connectivity index (χ3n) is 2.99. The van der Waals surface area contributed by atoms with Gasteiger partial charge in [0.05, 0.1) is 17.7 Å². The number of fused-ring (bicyclic) bond motifs is 1. The van der Waals surface area contributed by atoms with E-state index >= 15 is 0 Å². The van der Waals surface area contributed by atoms with Crippen molar-refractivity contribution in [3.63, 3.8) is 0 Å². The fourth-order valence-electron chi connectivity index (χ4n) is 1.93. The van der Waals surface area contributed by atoms with Gasteiger partial charge in [-0.05, 0) is 18.2 Å². The van der Waals surface area contributed by atoms with Crippen LogP contribution in [0.25, 0.3) is 4.85 Å². The van der Waals surface area contributed by atoms with Crippen molar-refractivity contribution in [3.8, 4) is 11.8 Å². The Morgan fingerprint density at radius 1 is 0.857 bits per heavy atom. The maximum absolute atomic E-state index is 11.5.